The van der Waals surface area contributed by atoms with E-state index < -0.39 is 0 Å². The van der Waals surface area contributed by atoms with E-state index in [9.17, 15) is 0 Å². The molecule has 1 heterocycles. The van der Waals surface area contributed by atoms with E-state index in [4.69, 9.17) is 7.05 Å². The zero-order chi connectivity index (χ0) is 6.69. The van der Waals surface area contributed by atoms with Crippen LogP contribution in [0.25, 0.3) is 0 Å². The van der Waals surface area contributed by atoms with Gasteiger partial charge in [-0.15, -0.1) is 0 Å². The summed E-state index contributed by atoms with van der Waals surface area (Å²) in [5.41, 5.74) is 0. The van der Waals surface area contributed by atoms with Gasteiger partial charge in [0.05, 0.1) is 0 Å². The highest BCUT2D eigenvalue weighted by molar-refractivity contribution is 4.65. The Hall–Kier alpha value is -0.0800. The molecule has 9 heavy (non-hydrogen) atoms. The third-order valence-corrected chi connectivity index (χ3v) is 1.75. The van der Waals surface area contributed by atoms with Crippen molar-refractivity contribution in [2.24, 2.45) is 0 Å². The van der Waals surface area contributed by atoms with Crippen LogP contribution in [0.5, 0.6) is 0 Å². The van der Waals surface area contributed by atoms with Crippen molar-refractivity contribution in [3.63, 3.8) is 0 Å². The van der Waals surface area contributed by atoms with Crippen LogP contribution in [0.3, 0.4) is 0 Å². The van der Waals surface area contributed by atoms with Crippen molar-refractivity contribution in [2.75, 3.05) is 33.2 Å². The summed E-state index contributed by atoms with van der Waals surface area (Å²) in [7, 11) is 7.74. The number of hydrogen-bond donors (Lipinski definition) is 0. The highest BCUT2D eigenvalue weighted by Gasteiger charge is 2.06. The fraction of sp³-hybridized carbons (Fsp3) is 0.857. The minimum Gasteiger partial charge on any atom is -0.305 e. The molecular weight excluding hydrogens is 112 g/mol. The van der Waals surface area contributed by atoms with Crippen LogP contribution >= 0.6 is 0 Å². The van der Waals surface area contributed by atoms with E-state index in [0.29, 0.717) is 0 Å². The number of rotatable bonds is 0. The second-order valence-corrected chi connectivity index (χ2v) is 2.69. The summed E-state index contributed by atoms with van der Waals surface area (Å²) in [6, 6.07) is 0. The summed E-state index contributed by atoms with van der Waals surface area (Å²) in [5, 5.41) is 0. The van der Waals surface area contributed by atoms with Crippen LogP contribution in [-0.2, 0) is 0 Å². The predicted molar refractivity (Wildman–Crippen MR) is 38.0 cm³/mol. The van der Waals surface area contributed by atoms with E-state index in [1.165, 1.54) is 13.0 Å². The lowest BCUT2D eigenvalue weighted by Gasteiger charge is -2.12. The van der Waals surface area contributed by atoms with Crippen molar-refractivity contribution in [2.45, 2.75) is 6.42 Å². The Balaban J connectivity index is 2.25. The van der Waals surface area contributed by atoms with Crippen LogP contribution in [0.2, 0.25) is 0 Å². The SMILES string of the molecule is [CH]N1CCCN(C)CC1. The molecule has 0 amide bonds. The molecule has 1 aliphatic heterocycles. The quantitative estimate of drug-likeness (QED) is 0.460. The molecule has 52 valence electrons. The minimum atomic E-state index is 1.01. The van der Waals surface area contributed by atoms with E-state index in [0.717, 1.165) is 19.6 Å². The maximum absolute atomic E-state index is 5.60. The number of likely N-dealkylation sites (N-methyl/N-ethyl adjacent to an activating group) is 1. The van der Waals surface area contributed by atoms with Crippen molar-refractivity contribution in [1.29, 1.82) is 0 Å². The van der Waals surface area contributed by atoms with E-state index in [-0.39, 0.29) is 0 Å². The molecule has 0 saturated carbocycles. The molecule has 0 aromatic heterocycles. The standard InChI is InChI=1S/C7H14N2/c1-8-4-3-5-9(2)7-6-8/h1H,3-7H2,2H3. The molecule has 0 aliphatic carbocycles. The molecule has 0 aromatic rings. The molecule has 0 unspecified atom stereocenters. The lowest BCUT2D eigenvalue weighted by Crippen LogP contribution is -2.24. The predicted octanol–water partition coefficient (Wildman–Crippen LogP) is 0.292. The molecule has 0 N–H and O–H groups in total. The molecule has 0 bridgehead atoms. The normalized spacial score (nSPS) is 26.0. The van der Waals surface area contributed by atoms with Gasteiger partial charge in [0.2, 0.25) is 0 Å². The van der Waals surface area contributed by atoms with Gasteiger partial charge >= 0.3 is 0 Å². The van der Waals surface area contributed by atoms with Crippen LogP contribution in [0.4, 0.5) is 0 Å². The molecule has 0 atom stereocenters. The Morgan fingerprint density at radius 2 is 1.89 bits per heavy atom. The molecular formula is C7H14N2. The van der Waals surface area contributed by atoms with Gasteiger partial charge in [-0.1, -0.05) is 0 Å². The van der Waals surface area contributed by atoms with E-state index in [2.05, 4.69) is 11.9 Å². The Kier molecular flexibility index (Phi) is 2.49. The van der Waals surface area contributed by atoms with Gasteiger partial charge in [-0.05, 0) is 26.6 Å². The van der Waals surface area contributed by atoms with Crippen molar-refractivity contribution >= 4 is 0 Å². The lowest BCUT2D eigenvalue weighted by atomic mass is 10.4. The maximum atomic E-state index is 5.60. The second-order valence-electron chi connectivity index (χ2n) is 2.69. The van der Waals surface area contributed by atoms with Gasteiger partial charge in [0.15, 0.2) is 0 Å². The van der Waals surface area contributed by atoms with Crippen molar-refractivity contribution in [3.05, 3.63) is 7.05 Å². The number of nitrogens with zero attached hydrogens (tertiary/aromatic N) is 2. The van der Waals surface area contributed by atoms with Crippen LogP contribution in [0.15, 0.2) is 0 Å². The fourth-order valence-electron chi connectivity index (χ4n) is 1.07. The van der Waals surface area contributed by atoms with Crippen molar-refractivity contribution in [1.82, 2.24) is 9.80 Å². The third kappa shape index (κ3) is 2.33. The van der Waals surface area contributed by atoms with Crippen LogP contribution in [0.1, 0.15) is 6.42 Å². The Morgan fingerprint density at radius 1 is 1.11 bits per heavy atom. The Morgan fingerprint density at radius 3 is 2.67 bits per heavy atom. The van der Waals surface area contributed by atoms with Crippen molar-refractivity contribution < 1.29 is 0 Å². The summed E-state index contributed by atoms with van der Waals surface area (Å²) in [6.45, 7) is 4.35. The lowest BCUT2D eigenvalue weighted by molar-refractivity contribution is 0.335. The zero-order valence-electron chi connectivity index (χ0n) is 6.01. The van der Waals surface area contributed by atoms with Gasteiger partial charge in [-0.2, -0.15) is 0 Å². The molecule has 2 radical (unpaired) electrons. The molecule has 2 nitrogen and oxygen atoms in total. The van der Waals surface area contributed by atoms with E-state index >= 15 is 0 Å². The van der Waals surface area contributed by atoms with Crippen LogP contribution in [-0.4, -0.2) is 43.0 Å². The monoisotopic (exact) mass is 126 g/mol. The Bertz CT molecular complexity index is 73.0. The molecule has 0 aromatic carbocycles. The van der Waals surface area contributed by atoms with Crippen LogP contribution in [0, 0.1) is 7.05 Å². The van der Waals surface area contributed by atoms with E-state index in [1.807, 2.05) is 4.90 Å². The zero-order valence-corrected chi connectivity index (χ0v) is 6.01. The summed E-state index contributed by atoms with van der Waals surface area (Å²) >= 11 is 0. The maximum Gasteiger partial charge on any atom is 0.0439 e. The summed E-state index contributed by atoms with van der Waals surface area (Å²) < 4.78 is 0. The van der Waals surface area contributed by atoms with Gasteiger partial charge < -0.3 is 4.90 Å². The van der Waals surface area contributed by atoms with Gasteiger partial charge in [0.25, 0.3) is 0 Å². The van der Waals surface area contributed by atoms with Gasteiger partial charge in [-0.25, -0.2) is 0 Å². The molecule has 0 spiro atoms. The third-order valence-electron chi connectivity index (χ3n) is 1.75. The largest absolute Gasteiger partial charge is 0.305 e. The van der Waals surface area contributed by atoms with Gasteiger partial charge in [0.1, 0.15) is 0 Å². The van der Waals surface area contributed by atoms with E-state index in [1.54, 1.807) is 0 Å². The average molecular weight is 126 g/mol. The first-order valence-corrected chi connectivity index (χ1v) is 3.47. The van der Waals surface area contributed by atoms with Crippen molar-refractivity contribution in [3.8, 4) is 0 Å². The highest BCUT2D eigenvalue weighted by atomic mass is 15.2. The topological polar surface area (TPSA) is 6.48 Å². The number of hydrogen-bond acceptors (Lipinski definition) is 2. The first kappa shape index (κ1) is 7.03. The molecule has 2 heteroatoms. The first-order valence-electron chi connectivity index (χ1n) is 3.47. The van der Waals surface area contributed by atoms with Crippen LogP contribution < -0.4 is 0 Å². The fourth-order valence-corrected chi connectivity index (χ4v) is 1.07. The first-order chi connectivity index (χ1) is 4.29. The molecule has 1 fully saturated rings. The average Bonchev–Trinajstić information content (AvgIpc) is 1.97. The minimum absolute atomic E-state index is 1.01. The molecule has 1 saturated heterocycles. The summed E-state index contributed by atoms with van der Waals surface area (Å²) in [5.74, 6) is 0. The summed E-state index contributed by atoms with van der Waals surface area (Å²) in [4.78, 5) is 4.20. The van der Waals surface area contributed by atoms with Gasteiger partial charge in [-0.3, -0.25) is 4.90 Å². The second kappa shape index (κ2) is 3.18. The Labute approximate surface area is 57.4 Å². The smallest absolute Gasteiger partial charge is 0.0439 e. The van der Waals surface area contributed by atoms with Gasteiger partial charge in [0, 0.05) is 20.1 Å². The highest BCUT2D eigenvalue weighted by Crippen LogP contribution is 1.97. The molecule has 1 aliphatic rings. The summed E-state index contributed by atoms with van der Waals surface area (Å²) in [6.07, 6.45) is 1.20. The molecule has 1 rings (SSSR count).